The fourth-order valence-corrected chi connectivity index (χ4v) is 2.31. The van der Waals surface area contributed by atoms with Crippen LogP contribution in [0.4, 0.5) is 5.13 Å². The van der Waals surface area contributed by atoms with Gasteiger partial charge in [0.2, 0.25) is 0 Å². The Hall–Kier alpha value is -2.14. The zero-order valence-electron chi connectivity index (χ0n) is 11.2. The number of thiazole rings is 1. The van der Waals surface area contributed by atoms with Crippen molar-refractivity contribution in [2.45, 2.75) is 13.0 Å². The Kier molecular flexibility index (Phi) is 4.90. The molecule has 1 N–H and O–H groups in total. The number of esters is 1. The Morgan fingerprint density at radius 1 is 1.50 bits per heavy atom. The van der Waals surface area contributed by atoms with Gasteiger partial charge in [-0.15, -0.1) is 17.9 Å². The summed E-state index contributed by atoms with van der Waals surface area (Å²) in [5.74, 6) is -0.413. The van der Waals surface area contributed by atoms with Gasteiger partial charge in [-0.2, -0.15) is 0 Å². The van der Waals surface area contributed by atoms with Crippen LogP contribution < -0.4 is 5.32 Å². The number of anilines is 1. The highest BCUT2D eigenvalue weighted by atomic mass is 32.1. The van der Waals surface area contributed by atoms with E-state index >= 15 is 0 Å². The first-order valence-corrected chi connectivity index (χ1v) is 7.15. The Bertz CT molecular complexity index is 581. The van der Waals surface area contributed by atoms with E-state index in [9.17, 15) is 4.79 Å². The third-order valence-corrected chi connectivity index (χ3v) is 3.46. The summed E-state index contributed by atoms with van der Waals surface area (Å²) < 4.78 is 5.40. The molecule has 5 heteroatoms. The number of benzene rings is 1. The van der Waals surface area contributed by atoms with E-state index in [1.165, 1.54) is 11.3 Å². The maximum Gasteiger partial charge on any atom is 0.358 e. The molecule has 2 rings (SSSR count). The summed E-state index contributed by atoms with van der Waals surface area (Å²) in [6.45, 7) is 6.07. The highest BCUT2D eigenvalue weighted by Gasteiger charge is 2.16. The minimum absolute atomic E-state index is 0.296. The van der Waals surface area contributed by atoms with Crippen LogP contribution in [-0.2, 0) is 4.74 Å². The molecule has 0 saturated heterocycles. The molecule has 20 heavy (non-hydrogen) atoms. The molecule has 1 unspecified atom stereocenters. The largest absolute Gasteiger partial charge is 0.453 e. The van der Waals surface area contributed by atoms with Crippen LogP contribution in [0.15, 0.2) is 48.4 Å². The fourth-order valence-electron chi connectivity index (χ4n) is 1.62. The van der Waals surface area contributed by atoms with Gasteiger partial charge in [0.1, 0.15) is 6.10 Å². The molecule has 0 fully saturated rings. The van der Waals surface area contributed by atoms with Crippen molar-refractivity contribution in [3.8, 4) is 0 Å². The van der Waals surface area contributed by atoms with Crippen LogP contribution in [0.25, 0.3) is 0 Å². The first-order valence-electron chi connectivity index (χ1n) is 6.27. The van der Waals surface area contributed by atoms with E-state index in [1.54, 1.807) is 11.5 Å². The van der Waals surface area contributed by atoms with Gasteiger partial charge in [-0.3, -0.25) is 0 Å². The normalized spacial score (nSPS) is 11.7. The lowest BCUT2D eigenvalue weighted by atomic mass is 10.1. The van der Waals surface area contributed by atoms with E-state index in [4.69, 9.17) is 4.74 Å². The van der Waals surface area contributed by atoms with E-state index in [1.807, 2.05) is 37.3 Å². The number of rotatable bonds is 6. The van der Waals surface area contributed by atoms with E-state index in [0.29, 0.717) is 17.4 Å². The van der Waals surface area contributed by atoms with Crippen molar-refractivity contribution in [3.05, 3.63) is 59.6 Å². The van der Waals surface area contributed by atoms with Gasteiger partial charge in [0, 0.05) is 11.9 Å². The lowest BCUT2D eigenvalue weighted by Crippen LogP contribution is -2.10. The smallest absolute Gasteiger partial charge is 0.358 e. The predicted octanol–water partition coefficient (Wildman–Crippen LogP) is 3.66. The molecule has 1 aromatic heterocycles. The Balaban J connectivity index is 1.97. The topological polar surface area (TPSA) is 51.2 Å². The molecule has 0 aliphatic rings. The Morgan fingerprint density at radius 2 is 2.25 bits per heavy atom. The molecule has 0 bridgehead atoms. The van der Waals surface area contributed by atoms with Crippen LogP contribution in [-0.4, -0.2) is 17.5 Å². The van der Waals surface area contributed by atoms with Gasteiger partial charge < -0.3 is 10.1 Å². The molecule has 1 heterocycles. The highest BCUT2D eigenvalue weighted by molar-refractivity contribution is 7.13. The van der Waals surface area contributed by atoms with Gasteiger partial charge >= 0.3 is 5.97 Å². The molecular formula is C15H16N2O2S. The second-order valence-electron chi connectivity index (χ2n) is 4.17. The van der Waals surface area contributed by atoms with E-state index < -0.39 is 5.97 Å². The summed E-state index contributed by atoms with van der Waals surface area (Å²) in [7, 11) is 0. The number of nitrogens with one attached hydrogen (secondary N) is 1. The maximum atomic E-state index is 12.0. The van der Waals surface area contributed by atoms with Gasteiger partial charge in [0.05, 0.1) is 0 Å². The first kappa shape index (κ1) is 14.3. The van der Waals surface area contributed by atoms with Crippen LogP contribution in [0.5, 0.6) is 0 Å². The summed E-state index contributed by atoms with van der Waals surface area (Å²) in [5, 5.41) is 5.41. The molecular weight excluding hydrogens is 272 g/mol. The third kappa shape index (κ3) is 3.68. The highest BCUT2D eigenvalue weighted by Crippen LogP contribution is 2.20. The van der Waals surface area contributed by atoms with Gasteiger partial charge in [0.15, 0.2) is 10.8 Å². The second kappa shape index (κ2) is 6.86. The van der Waals surface area contributed by atoms with Crippen LogP contribution in [0, 0.1) is 0 Å². The maximum absolute atomic E-state index is 12.0. The average molecular weight is 288 g/mol. The number of hydrogen-bond acceptors (Lipinski definition) is 5. The second-order valence-corrected chi connectivity index (χ2v) is 5.02. The number of ether oxygens (including phenoxy) is 1. The van der Waals surface area contributed by atoms with Crippen molar-refractivity contribution in [2.24, 2.45) is 0 Å². The van der Waals surface area contributed by atoms with Crippen LogP contribution >= 0.6 is 11.3 Å². The number of carbonyl (C=O) groups excluding carboxylic acids is 1. The SMILES string of the molecule is C=CCNc1nc(C(=O)OC(C)c2ccccc2)cs1. The van der Waals surface area contributed by atoms with Gasteiger partial charge in [-0.05, 0) is 12.5 Å². The lowest BCUT2D eigenvalue weighted by molar-refractivity contribution is 0.0332. The van der Waals surface area contributed by atoms with Crippen molar-refractivity contribution in [2.75, 3.05) is 11.9 Å². The lowest BCUT2D eigenvalue weighted by Gasteiger charge is -2.12. The minimum Gasteiger partial charge on any atom is -0.453 e. The molecule has 0 radical (unpaired) electrons. The molecule has 0 amide bonds. The van der Waals surface area contributed by atoms with Crippen molar-refractivity contribution in [1.82, 2.24) is 4.98 Å². The van der Waals surface area contributed by atoms with Gasteiger partial charge in [0.25, 0.3) is 0 Å². The number of hydrogen-bond donors (Lipinski definition) is 1. The zero-order valence-corrected chi connectivity index (χ0v) is 12.0. The standard InChI is InChI=1S/C15H16N2O2S/c1-3-9-16-15-17-13(10-20-15)14(18)19-11(2)12-7-5-4-6-8-12/h3-8,10-11H,1,9H2,2H3,(H,16,17). The zero-order chi connectivity index (χ0) is 14.4. The molecule has 0 saturated carbocycles. The number of nitrogens with zero attached hydrogens (tertiary/aromatic N) is 1. The minimum atomic E-state index is -0.413. The first-order chi connectivity index (χ1) is 9.70. The fraction of sp³-hybridized carbons (Fsp3) is 0.200. The number of carbonyl (C=O) groups is 1. The molecule has 0 spiro atoms. The average Bonchev–Trinajstić information content (AvgIpc) is 2.95. The summed E-state index contributed by atoms with van der Waals surface area (Å²) in [6, 6.07) is 9.61. The van der Waals surface area contributed by atoms with Crippen molar-refractivity contribution >= 4 is 22.4 Å². The summed E-state index contributed by atoms with van der Waals surface area (Å²) in [4.78, 5) is 16.2. The van der Waals surface area contributed by atoms with Crippen LogP contribution in [0.3, 0.4) is 0 Å². The molecule has 1 atom stereocenters. The molecule has 1 aromatic carbocycles. The quantitative estimate of drug-likeness (QED) is 0.651. The summed E-state index contributed by atoms with van der Waals surface area (Å²) >= 11 is 1.37. The summed E-state index contributed by atoms with van der Waals surface area (Å²) in [5.41, 5.74) is 1.28. The monoisotopic (exact) mass is 288 g/mol. The van der Waals surface area contributed by atoms with E-state index in [0.717, 1.165) is 5.56 Å². The van der Waals surface area contributed by atoms with Crippen molar-refractivity contribution in [3.63, 3.8) is 0 Å². The van der Waals surface area contributed by atoms with Gasteiger partial charge in [-0.1, -0.05) is 36.4 Å². The van der Waals surface area contributed by atoms with Crippen LogP contribution in [0.2, 0.25) is 0 Å². The molecule has 104 valence electrons. The van der Waals surface area contributed by atoms with Crippen LogP contribution in [0.1, 0.15) is 29.1 Å². The van der Waals surface area contributed by atoms with E-state index in [-0.39, 0.29) is 6.10 Å². The predicted molar refractivity (Wildman–Crippen MR) is 81.1 cm³/mol. The molecule has 0 aliphatic carbocycles. The number of aromatic nitrogens is 1. The molecule has 4 nitrogen and oxygen atoms in total. The van der Waals surface area contributed by atoms with Crippen molar-refractivity contribution in [1.29, 1.82) is 0 Å². The molecule has 0 aliphatic heterocycles. The Labute approximate surface area is 122 Å². The third-order valence-electron chi connectivity index (χ3n) is 2.66. The molecule has 2 aromatic rings. The Morgan fingerprint density at radius 3 is 2.95 bits per heavy atom. The summed E-state index contributed by atoms with van der Waals surface area (Å²) in [6.07, 6.45) is 1.44. The van der Waals surface area contributed by atoms with E-state index in [2.05, 4.69) is 16.9 Å². The van der Waals surface area contributed by atoms with Crippen molar-refractivity contribution < 1.29 is 9.53 Å². The van der Waals surface area contributed by atoms with Gasteiger partial charge in [-0.25, -0.2) is 9.78 Å².